The van der Waals surface area contributed by atoms with E-state index in [1.165, 1.54) is 0 Å². The van der Waals surface area contributed by atoms with Gasteiger partial charge in [0, 0.05) is 23.6 Å². The molecule has 5 rings (SSSR count). The monoisotopic (exact) mass is 574 g/mol. The van der Waals surface area contributed by atoms with Crippen LogP contribution in [0.2, 0.25) is 0 Å². The Morgan fingerprint density at radius 2 is 0.789 bits per heavy atom. The molecule has 2 heterocycles. The van der Waals surface area contributed by atoms with Gasteiger partial charge in [-0.15, -0.1) is 20.4 Å². The molecular weight excluding hydrogens is 560 g/mol. The number of aromatic nitrogens is 4. The molecule has 5 aromatic rings. The lowest BCUT2D eigenvalue weighted by Gasteiger charge is -2.15. The van der Waals surface area contributed by atoms with Crippen molar-refractivity contribution in [1.29, 1.82) is 0 Å². The smallest absolute Gasteiger partial charge is 0.172 e. The maximum atomic E-state index is 15.8. The van der Waals surface area contributed by atoms with Crippen molar-refractivity contribution in [2.24, 2.45) is 0 Å². The molecule has 0 saturated heterocycles. The molecule has 0 aliphatic rings. The lowest BCUT2D eigenvalue weighted by Crippen LogP contribution is -2.06. The van der Waals surface area contributed by atoms with Crippen LogP contribution in [0.4, 0.5) is 35.1 Å². The Labute approximate surface area is 217 Å². The molecule has 38 heavy (non-hydrogen) atoms. The highest BCUT2D eigenvalue weighted by Crippen LogP contribution is 2.45. The highest BCUT2D eigenvalue weighted by atomic mass is 32.1. The van der Waals surface area contributed by atoms with Gasteiger partial charge in [0.25, 0.3) is 0 Å². The second-order valence-electron chi connectivity index (χ2n) is 8.26. The normalized spacial score (nSPS) is 11.8. The van der Waals surface area contributed by atoms with E-state index in [9.17, 15) is 4.39 Å². The second kappa shape index (κ2) is 9.80. The molecule has 2 aromatic heterocycles. The number of hydrogen-bond acceptors (Lipinski definition) is 6. The lowest BCUT2D eigenvalue weighted by molar-refractivity contribution is 0.486. The molecule has 0 radical (unpaired) electrons. The Kier molecular flexibility index (Phi) is 6.80. The quantitative estimate of drug-likeness (QED) is 0.117. The Balaban J connectivity index is 1.92. The molecule has 4 nitrogen and oxygen atoms in total. The summed E-state index contributed by atoms with van der Waals surface area (Å²) in [5.41, 5.74) is -2.30. The van der Waals surface area contributed by atoms with Gasteiger partial charge in [-0.1, -0.05) is 36.5 Å². The molecule has 0 spiro atoms. The molecule has 0 aliphatic carbocycles. The molecule has 0 amide bonds. The first-order valence-corrected chi connectivity index (χ1v) is 12.9. The van der Waals surface area contributed by atoms with Crippen molar-refractivity contribution in [3.63, 3.8) is 0 Å². The number of hydrogen-bond donors (Lipinski definition) is 0. The first-order valence-electron chi connectivity index (χ1n) is 11.2. The Morgan fingerprint density at radius 3 is 1.24 bits per heavy atom. The van der Waals surface area contributed by atoms with Crippen LogP contribution in [0.3, 0.4) is 0 Å². The summed E-state index contributed by atoms with van der Waals surface area (Å²) in [5, 5.41) is 8.52. The van der Waals surface area contributed by atoms with E-state index >= 15 is 30.7 Å². The van der Waals surface area contributed by atoms with E-state index in [-0.39, 0.29) is 0 Å². The SMILES string of the molecule is CCCc1nnc(-c2c(F)c(F)c3c(c2F)c(F)c(F)c2c(F)c(F)c(-c4nnc(CCC)s4)c(F)c23)s1. The molecule has 0 bridgehead atoms. The first-order chi connectivity index (χ1) is 18.1. The Morgan fingerprint density at radius 1 is 0.447 bits per heavy atom. The summed E-state index contributed by atoms with van der Waals surface area (Å²) in [4.78, 5) is 0. The molecule has 14 heteroatoms. The minimum Gasteiger partial charge on any atom is -0.205 e. The fourth-order valence-corrected chi connectivity index (χ4v) is 6.08. The standard InChI is InChI=1S/C24H14F8N4S2/c1-3-5-7-33-35-23(37-7)13-15(25)9-10-11(18(28)19(29)12(9)20(30)22(13)32)16(26)14(21(31)17(10)27)24-36-34-8(38-24)6-4-2/h3-6H2,1-2H3. The van der Waals surface area contributed by atoms with E-state index < -0.39 is 89.2 Å². The van der Waals surface area contributed by atoms with Crippen molar-refractivity contribution in [3.8, 4) is 21.1 Å². The molecule has 0 atom stereocenters. The van der Waals surface area contributed by atoms with Gasteiger partial charge in [0.05, 0.1) is 21.9 Å². The van der Waals surface area contributed by atoms with E-state index in [2.05, 4.69) is 20.4 Å². The summed E-state index contributed by atoms with van der Waals surface area (Å²) in [7, 11) is 0. The zero-order chi connectivity index (χ0) is 27.5. The maximum Gasteiger partial charge on any atom is 0.172 e. The minimum atomic E-state index is -2.18. The van der Waals surface area contributed by atoms with E-state index in [1.807, 2.05) is 0 Å². The third-order valence-corrected chi connectivity index (χ3v) is 7.81. The van der Waals surface area contributed by atoms with Gasteiger partial charge in [0.1, 0.15) is 21.6 Å². The largest absolute Gasteiger partial charge is 0.205 e. The summed E-state index contributed by atoms with van der Waals surface area (Å²) in [6.07, 6.45) is 1.96. The maximum absolute atomic E-state index is 15.8. The number of halogens is 8. The van der Waals surface area contributed by atoms with Gasteiger partial charge in [-0.2, -0.15) is 0 Å². The third-order valence-electron chi connectivity index (χ3n) is 5.81. The van der Waals surface area contributed by atoms with E-state index in [1.54, 1.807) is 13.8 Å². The van der Waals surface area contributed by atoms with E-state index in [4.69, 9.17) is 0 Å². The van der Waals surface area contributed by atoms with Crippen molar-refractivity contribution >= 4 is 44.2 Å². The average Bonchev–Trinajstić information content (AvgIpc) is 3.53. The zero-order valence-electron chi connectivity index (χ0n) is 19.5. The van der Waals surface area contributed by atoms with Crippen LogP contribution in [0.15, 0.2) is 0 Å². The van der Waals surface area contributed by atoms with Crippen LogP contribution in [0, 0.1) is 46.5 Å². The predicted molar refractivity (Wildman–Crippen MR) is 127 cm³/mol. The van der Waals surface area contributed by atoms with Crippen LogP contribution in [-0.4, -0.2) is 20.4 Å². The summed E-state index contributed by atoms with van der Waals surface area (Å²) in [5.74, 6) is -15.9. The van der Waals surface area contributed by atoms with Gasteiger partial charge >= 0.3 is 0 Å². The van der Waals surface area contributed by atoms with Crippen LogP contribution < -0.4 is 0 Å². The van der Waals surface area contributed by atoms with Gasteiger partial charge in [-0.3, -0.25) is 0 Å². The summed E-state index contributed by atoms with van der Waals surface area (Å²) < 4.78 is 122. The fourth-order valence-electron chi connectivity index (χ4n) is 4.14. The molecule has 198 valence electrons. The van der Waals surface area contributed by atoms with Gasteiger partial charge in [0.2, 0.25) is 0 Å². The van der Waals surface area contributed by atoms with Crippen LogP contribution in [0.5, 0.6) is 0 Å². The number of rotatable bonds is 6. The second-order valence-corrected chi connectivity index (χ2v) is 10.4. The van der Waals surface area contributed by atoms with Gasteiger partial charge < -0.3 is 0 Å². The predicted octanol–water partition coefficient (Wildman–Crippen LogP) is 8.05. The molecular formula is C24H14F8N4S2. The van der Waals surface area contributed by atoms with Crippen molar-refractivity contribution in [1.82, 2.24) is 20.4 Å². The molecule has 0 saturated carbocycles. The molecule has 3 aromatic carbocycles. The number of fused-ring (bicyclic) bond motifs is 3. The Bertz CT molecular complexity index is 1750. The molecule has 0 fully saturated rings. The third kappa shape index (κ3) is 3.83. The number of aryl methyl sites for hydroxylation is 2. The summed E-state index contributed by atoms with van der Waals surface area (Å²) >= 11 is 1.39. The van der Waals surface area contributed by atoms with E-state index in [0.29, 0.717) is 58.4 Å². The first kappa shape index (κ1) is 26.4. The van der Waals surface area contributed by atoms with Crippen molar-refractivity contribution in [2.45, 2.75) is 39.5 Å². The zero-order valence-corrected chi connectivity index (χ0v) is 21.1. The topological polar surface area (TPSA) is 51.6 Å². The lowest BCUT2D eigenvalue weighted by atomic mass is 9.94. The molecule has 0 N–H and O–H groups in total. The number of nitrogens with zero attached hydrogens (tertiary/aromatic N) is 4. The van der Waals surface area contributed by atoms with E-state index in [0.717, 1.165) is 0 Å². The highest BCUT2D eigenvalue weighted by molar-refractivity contribution is 7.15. The van der Waals surface area contributed by atoms with Crippen LogP contribution in [0.1, 0.15) is 36.7 Å². The van der Waals surface area contributed by atoms with Crippen LogP contribution in [0.25, 0.3) is 42.7 Å². The van der Waals surface area contributed by atoms with Crippen molar-refractivity contribution in [3.05, 3.63) is 56.6 Å². The van der Waals surface area contributed by atoms with Crippen molar-refractivity contribution in [2.75, 3.05) is 0 Å². The van der Waals surface area contributed by atoms with Crippen LogP contribution >= 0.6 is 22.7 Å². The average molecular weight is 575 g/mol. The van der Waals surface area contributed by atoms with Crippen molar-refractivity contribution < 1.29 is 35.1 Å². The van der Waals surface area contributed by atoms with Gasteiger partial charge in [-0.25, -0.2) is 35.1 Å². The fraction of sp³-hybridized carbons (Fsp3) is 0.250. The molecule has 0 unspecified atom stereocenters. The molecule has 0 aliphatic heterocycles. The summed E-state index contributed by atoms with van der Waals surface area (Å²) in [6, 6.07) is 0. The number of benzene rings is 3. The van der Waals surface area contributed by atoms with Crippen LogP contribution in [-0.2, 0) is 12.8 Å². The van der Waals surface area contributed by atoms with Gasteiger partial charge in [-0.05, 0) is 12.8 Å². The highest BCUT2D eigenvalue weighted by Gasteiger charge is 2.34. The summed E-state index contributed by atoms with van der Waals surface area (Å²) in [6.45, 7) is 3.60. The van der Waals surface area contributed by atoms with Gasteiger partial charge in [0.15, 0.2) is 44.9 Å². The minimum absolute atomic E-state index is 0.337. The Hall–Kier alpha value is -3.26.